The molecule has 1 saturated carbocycles. The van der Waals surface area contributed by atoms with Crippen molar-refractivity contribution in [2.75, 3.05) is 0 Å². The molecular formula is C16H30N2O3. The summed E-state index contributed by atoms with van der Waals surface area (Å²) in [5.41, 5.74) is -1.07. The Morgan fingerprint density at radius 1 is 1.14 bits per heavy atom. The highest BCUT2D eigenvalue weighted by Crippen LogP contribution is 2.28. The summed E-state index contributed by atoms with van der Waals surface area (Å²) in [6.45, 7) is 4.14. The zero-order chi connectivity index (χ0) is 15.7. The topological polar surface area (TPSA) is 78.4 Å². The lowest BCUT2D eigenvalue weighted by Crippen LogP contribution is -2.58. The molecule has 0 saturated heterocycles. The van der Waals surface area contributed by atoms with Gasteiger partial charge in [0, 0.05) is 6.04 Å². The van der Waals surface area contributed by atoms with Gasteiger partial charge in [-0.3, -0.25) is 0 Å². The van der Waals surface area contributed by atoms with Crippen LogP contribution in [0.3, 0.4) is 0 Å². The Balaban J connectivity index is 2.38. The number of urea groups is 1. The first-order chi connectivity index (χ1) is 10.00. The molecule has 0 aromatic carbocycles. The zero-order valence-electron chi connectivity index (χ0n) is 13.4. The third-order valence-electron chi connectivity index (χ3n) is 4.34. The lowest BCUT2D eigenvalue weighted by Gasteiger charge is -2.34. The largest absolute Gasteiger partial charge is 0.480 e. The van der Waals surface area contributed by atoms with Crippen LogP contribution in [0.4, 0.5) is 4.79 Å². The first kappa shape index (κ1) is 17.8. The van der Waals surface area contributed by atoms with E-state index in [1.807, 2.05) is 6.92 Å². The van der Waals surface area contributed by atoms with Crippen molar-refractivity contribution in [1.29, 1.82) is 0 Å². The molecule has 0 radical (unpaired) electrons. The fourth-order valence-corrected chi connectivity index (χ4v) is 2.97. The van der Waals surface area contributed by atoms with Gasteiger partial charge in [-0.15, -0.1) is 0 Å². The number of unbranched alkanes of at least 4 members (excludes halogenated alkanes) is 3. The van der Waals surface area contributed by atoms with Crippen molar-refractivity contribution >= 4 is 12.0 Å². The number of nitrogens with one attached hydrogen (secondary N) is 2. The molecule has 0 spiro atoms. The first-order valence-corrected chi connectivity index (χ1v) is 8.32. The van der Waals surface area contributed by atoms with E-state index in [-0.39, 0.29) is 12.1 Å². The molecular weight excluding hydrogens is 268 g/mol. The monoisotopic (exact) mass is 298 g/mol. The molecule has 0 aliphatic heterocycles. The molecule has 0 aromatic heterocycles. The van der Waals surface area contributed by atoms with Crippen LogP contribution in [-0.4, -0.2) is 28.7 Å². The van der Waals surface area contributed by atoms with Gasteiger partial charge in [0.05, 0.1) is 0 Å². The third-order valence-corrected chi connectivity index (χ3v) is 4.34. The lowest BCUT2D eigenvalue weighted by atomic mass is 9.82. The highest BCUT2D eigenvalue weighted by Gasteiger charge is 2.41. The van der Waals surface area contributed by atoms with Crippen molar-refractivity contribution in [3.05, 3.63) is 0 Å². The van der Waals surface area contributed by atoms with Gasteiger partial charge in [-0.2, -0.15) is 0 Å². The maximum atomic E-state index is 12.0. The Morgan fingerprint density at radius 3 is 2.38 bits per heavy atom. The number of carboxylic acids is 1. The number of hydrogen-bond acceptors (Lipinski definition) is 2. The smallest absolute Gasteiger partial charge is 0.329 e. The van der Waals surface area contributed by atoms with Crippen LogP contribution in [0.1, 0.15) is 78.1 Å². The van der Waals surface area contributed by atoms with Gasteiger partial charge in [-0.05, 0) is 26.2 Å². The predicted octanol–water partition coefficient (Wildman–Crippen LogP) is 3.43. The number of hydrogen-bond donors (Lipinski definition) is 3. The SMILES string of the molecule is CCCCCCC(C)NC(=O)NC1(C(=O)O)CCCCC1. The number of amides is 2. The van der Waals surface area contributed by atoms with E-state index in [4.69, 9.17) is 0 Å². The molecule has 1 atom stereocenters. The van der Waals surface area contributed by atoms with E-state index in [0.29, 0.717) is 12.8 Å². The van der Waals surface area contributed by atoms with Gasteiger partial charge in [-0.25, -0.2) is 9.59 Å². The standard InChI is InChI=1S/C16H30N2O3/c1-3-4-5-7-10-13(2)17-15(21)18-16(14(19)20)11-8-6-9-12-16/h13H,3-12H2,1-2H3,(H,19,20)(H2,17,18,21). The number of carboxylic acid groups (broad SMARTS) is 1. The van der Waals surface area contributed by atoms with Gasteiger partial charge in [0.1, 0.15) is 5.54 Å². The lowest BCUT2D eigenvalue weighted by molar-refractivity contribution is -0.145. The van der Waals surface area contributed by atoms with Crippen LogP contribution in [0.5, 0.6) is 0 Å². The highest BCUT2D eigenvalue weighted by atomic mass is 16.4. The van der Waals surface area contributed by atoms with Crippen molar-refractivity contribution in [2.45, 2.75) is 89.6 Å². The van der Waals surface area contributed by atoms with Crippen LogP contribution in [0.25, 0.3) is 0 Å². The van der Waals surface area contributed by atoms with Crippen LogP contribution in [-0.2, 0) is 4.79 Å². The van der Waals surface area contributed by atoms with Crippen molar-refractivity contribution in [3.63, 3.8) is 0 Å². The summed E-state index contributed by atoms with van der Waals surface area (Å²) in [7, 11) is 0. The second-order valence-electron chi connectivity index (χ2n) is 6.30. The van der Waals surface area contributed by atoms with Crippen LogP contribution < -0.4 is 10.6 Å². The Bertz CT molecular complexity index is 338. The molecule has 0 heterocycles. The maximum absolute atomic E-state index is 12.0. The summed E-state index contributed by atoms with van der Waals surface area (Å²) < 4.78 is 0. The quantitative estimate of drug-likeness (QED) is 0.601. The molecule has 1 aliphatic carbocycles. The summed E-state index contributed by atoms with van der Waals surface area (Å²) >= 11 is 0. The van der Waals surface area contributed by atoms with Crippen LogP contribution in [0.2, 0.25) is 0 Å². The van der Waals surface area contributed by atoms with Crippen molar-refractivity contribution in [3.8, 4) is 0 Å². The van der Waals surface area contributed by atoms with Crippen molar-refractivity contribution in [2.24, 2.45) is 0 Å². The van der Waals surface area contributed by atoms with Crippen LogP contribution >= 0.6 is 0 Å². The molecule has 5 heteroatoms. The van der Waals surface area contributed by atoms with E-state index < -0.39 is 11.5 Å². The van der Waals surface area contributed by atoms with Gasteiger partial charge in [0.15, 0.2) is 0 Å². The number of carbonyl (C=O) groups excluding carboxylic acids is 1. The van der Waals surface area contributed by atoms with Gasteiger partial charge in [-0.1, -0.05) is 51.9 Å². The first-order valence-electron chi connectivity index (χ1n) is 8.32. The van der Waals surface area contributed by atoms with Crippen molar-refractivity contribution < 1.29 is 14.7 Å². The molecule has 1 fully saturated rings. The van der Waals surface area contributed by atoms with Gasteiger partial charge in [0.2, 0.25) is 0 Å². The van der Waals surface area contributed by atoms with E-state index in [9.17, 15) is 14.7 Å². The molecule has 0 aromatic rings. The minimum absolute atomic E-state index is 0.0799. The van der Waals surface area contributed by atoms with E-state index >= 15 is 0 Å². The zero-order valence-corrected chi connectivity index (χ0v) is 13.4. The number of rotatable bonds is 8. The minimum atomic E-state index is -1.07. The highest BCUT2D eigenvalue weighted by molar-refractivity contribution is 5.86. The van der Waals surface area contributed by atoms with Crippen LogP contribution in [0.15, 0.2) is 0 Å². The minimum Gasteiger partial charge on any atom is -0.480 e. The normalized spacial score (nSPS) is 18.8. The van der Waals surface area contributed by atoms with E-state index in [1.165, 1.54) is 19.3 Å². The third kappa shape index (κ3) is 5.94. The summed E-state index contributed by atoms with van der Waals surface area (Å²) in [4.78, 5) is 23.5. The summed E-state index contributed by atoms with van der Waals surface area (Å²) in [5.74, 6) is -0.909. The molecule has 1 rings (SSSR count). The Morgan fingerprint density at radius 2 is 1.81 bits per heavy atom. The molecule has 3 N–H and O–H groups in total. The molecule has 2 amide bonds. The van der Waals surface area contributed by atoms with E-state index in [1.54, 1.807) is 0 Å². The summed E-state index contributed by atoms with van der Waals surface area (Å²) in [6.07, 6.45) is 9.46. The Hall–Kier alpha value is -1.26. The maximum Gasteiger partial charge on any atom is 0.329 e. The van der Waals surface area contributed by atoms with E-state index in [2.05, 4.69) is 17.6 Å². The molecule has 0 bridgehead atoms. The van der Waals surface area contributed by atoms with Gasteiger partial charge in [0.25, 0.3) is 0 Å². The summed E-state index contributed by atoms with van der Waals surface area (Å²) in [5, 5.41) is 15.0. The molecule has 5 nitrogen and oxygen atoms in total. The molecule has 1 unspecified atom stereocenters. The average Bonchev–Trinajstić information content (AvgIpc) is 2.44. The Kier molecular flexibility index (Phi) is 7.54. The fraction of sp³-hybridized carbons (Fsp3) is 0.875. The molecule has 21 heavy (non-hydrogen) atoms. The van der Waals surface area contributed by atoms with Gasteiger partial charge < -0.3 is 15.7 Å². The number of carbonyl (C=O) groups is 2. The fourth-order valence-electron chi connectivity index (χ4n) is 2.97. The van der Waals surface area contributed by atoms with Gasteiger partial charge >= 0.3 is 12.0 Å². The summed E-state index contributed by atoms with van der Waals surface area (Å²) in [6, 6.07) is -0.265. The number of aliphatic carboxylic acids is 1. The molecule has 122 valence electrons. The average molecular weight is 298 g/mol. The molecule has 1 aliphatic rings. The van der Waals surface area contributed by atoms with E-state index in [0.717, 1.165) is 32.1 Å². The van der Waals surface area contributed by atoms with Crippen molar-refractivity contribution in [1.82, 2.24) is 10.6 Å². The van der Waals surface area contributed by atoms with Crippen LogP contribution in [0, 0.1) is 0 Å². The second kappa shape index (κ2) is 8.90. The predicted molar refractivity (Wildman–Crippen MR) is 83.3 cm³/mol. The second-order valence-corrected chi connectivity index (χ2v) is 6.30. The Labute approximate surface area is 127 Å².